The van der Waals surface area contributed by atoms with Crippen molar-refractivity contribution in [3.05, 3.63) is 108 Å². The normalized spacial score (nSPS) is 10.5. The Bertz CT molecular complexity index is 1220. The first-order chi connectivity index (χ1) is 15.6. The molecule has 1 aromatic heterocycles. The molecule has 4 rings (SSSR count). The van der Waals surface area contributed by atoms with Gasteiger partial charge in [0.2, 0.25) is 0 Å². The van der Waals surface area contributed by atoms with E-state index in [0.29, 0.717) is 18.1 Å². The predicted molar refractivity (Wildman–Crippen MR) is 120 cm³/mol. The van der Waals surface area contributed by atoms with Crippen LogP contribution in [0.5, 0.6) is 17.2 Å². The first-order valence-electron chi connectivity index (χ1n) is 9.99. The van der Waals surface area contributed by atoms with Gasteiger partial charge in [0.05, 0.1) is 6.20 Å². The number of carbonyl (C=O) groups is 1. The van der Waals surface area contributed by atoms with Crippen LogP contribution in [0.1, 0.15) is 21.5 Å². The average Bonchev–Trinajstić information content (AvgIpc) is 2.83. The number of hydrogen-bond acceptors (Lipinski definition) is 5. The maximum atomic E-state index is 11.2. The molecule has 0 saturated heterocycles. The quantitative estimate of drug-likeness (QED) is 0.396. The van der Waals surface area contributed by atoms with Crippen LogP contribution in [0.4, 0.5) is 0 Å². The standard InChI is InChI=1S/C26H21NO5/c28-25-10-9-22(13-24(25)26(29)30)31-17-19-7-4-8-20(11-19)21-12-23(15-27-14-21)32-16-18-5-2-1-3-6-18/h1-15,28H,16-17H2,(H,29,30). The van der Waals surface area contributed by atoms with Crippen molar-refractivity contribution < 1.29 is 24.5 Å². The third-order valence-corrected chi connectivity index (χ3v) is 4.83. The number of pyridine rings is 1. The van der Waals surface area contributed by atoms with Crippen LogP contribution >= 0.6 is 0 Å². The summed E-state index contributed by atoms with van der Waals surface area (Å²) in [6.45, 7) is 0.708. The maximum absolute atomic E-state index is 11.2. The van der Waals surface area contributed by atoms with Crippen LogP contribution in [0, 0.1) is 0 Å². The molecule has 1 heterocycles. The van der Waals surface area contributed by atoms with E-state index >= 15 is 0 Å². The van der Waals surface area contributed by atoms with Gasteiger partial charge in [0.15, 0.2) is 0 Å². The van der Waals surface area contributed by atoms with Gasteiger partial charge in [0.1, 0.15) is 36.0 Å². The molecule has 6 heteroatoms. The van der Waals surface area contributed by atoms with E-state index < -0.39 is 5.97 Å². The van der Waals surface area contributed by atoms with Crippen LogP contribution in [0.2, 0.25) is 0 Å². The molecule has 2 N–H and O–H groups in total. The SMILES string of the molecule is O=C(O)c1cc(OCc2cccc(-c3cncc(OCc4ccccc4)c3)c2)ccc1O. The Kier molecular flexibility index (Phi) is 6.32. The van der Waals surface area contributed by atoms with Crippen molar-refractivity contribution in [3.8, 4) is 28.4 Å². The van der Waals surface area contributed by atoms with Gasteiger partial charge in [-0.3, -0.25) is 4.98 Å². The second kappa shape index (κ2) is 9.66. The lowest BCUT2D eigenvalue weighted by Crippen LogP contribution is -2.00. The fourth-order valence-electron chi connectivity index (χ4n) is 3.18. The molecule has 0 atom stereocenters. The first-order valence-corrected chi connectivity index (χ1v) is 9.99. The number of ether oxygens (including phenoxy) is 2. The van der Waals surface area contributed by atoms with E-state index in [1.165, 1.54) is 18.2 Å². The number of phenols is 1. The first kappa shape index (κ1) is 20.9. The lowest BCUT2D eigenvalue weighted by molar-refractivity contribution is 0.0693. The summed E-state index contributed by atoms with van der Waals surface area (Å²) in [5.41, 5.74) is 3.66. The van der Waals surface area contributed by atoms with Gasteiger partial charge in [-0.05, 0) is 47.0 Å². The molecule has 0 fully saturated rings. The van der Waals surface area contributed by atoms with Crippen LogP contribution in [-0.4, -0.2) is 21.2 Å². The van der Waals surface area contributed by atoms with Gasteiger partial charge < -0.3 is 19.7 Å². The van der Waals surface area contributed by atoms with Crippen molar-refractivity contribution in [1.29, 1.82) is 0 Å². The Morgan fingerprint density at radius 1 is 0.750 bits per heavy atom. The number of aromatic nitrogens is 1. The van der Waals surface area contributed by atoms with Gasteiger partial charge in [-0.1, -0.05) is 48.5 Å². The monoisotopic (exact) mass is 427 g/mol. The molecule has 3 aromatic carbocycles. The molecule has 160 valence electrons. The van der Waals surface area contributed by atoms with Gasteiger partial charge in [0, 0.05) is 11.8 Å². The van der Waals surface area contributed by atoms with Gasteiger partial charge in [0.25, 0.3) is 0 Å². The predicted octanol–water partition coefficient (Wildman–Crippen LogP) is 5.31. The van der Waals surface area contributed by atoms with Crippen molar-refractivity contribution in [1.82, 2.24) is 4.98 Å². The number of aromatic carboxylic acids is 1. The summed E-state index contributed by atoms with van der Waals surface area (Å²) in [6.07, 6.45) is 3.46. The Morgan fingerprint density at radius 3 is 2.31 bits per heavy atom. The highest BCUT2D eigenvalue weighted by Gasteiger charge is 2.11. The number of benzene rings is 3. The molecule has 32 heavy (non-hydrogen) atoms. The Morgan fingerprint density at radius 2 is 1.50 bits per heavy atom. The largest absolute Gasteiger partial charge is 0.507 e. The van der Waals surface area contributed by atoms with E-state index in [0.717, 1.165) is 22.3 Å². The minimum absolute atomic E-state index is 0.199. The zero-order chi connectivity index (χ0) is 22.3. The number of hydrogen-bond donors (Lipinski definition) is 2. The second-order valence-electron chi connectivity index (χ2n) is 7.16. The molecule has 0 spiro atoms. The highest BCUT2D eigenvalue weighted by atomic mass is 16.5. The van der Waals surface area contributed by atoms with Gasteiger partial charge >= 0.3 is 5.97 Å². The van der Waals surface area contributed by atoms with Crippen molar-refractivity contribution in [2.24, 2.45) is 0 Å². The van der Waals surface area contributed by atoms with Gasteiger partial charge in [-0.2, -0.15) is 0 Å². The van der Waals surface area contributed by atoms with Crippen molar-refractivity contribution in [3.63, 3.8) is 0 Å². The minimum atomic E-state index is -1.21. The molecule has 0 unspecified atom stereocenters. The minimum Gasteiger partial charge on any atom is -0.507 e. The summed E-state index contributed by atoms with van der Waals surface area (Å²) in [5, 5.41) is 18.8. The van der Waals surface area contributed by atoms with E-state index in [2.05, 4.69) is 4.98 Å². The van der Waals surface area contributed by atoms with Crippen LogP contribution in [-0.2, 0) is 13.2 Å². The number of nitrogens with zero attached hydrogens (tertiary/aromatic N) is 1. The second-order valence-corrected chi connectivity index (χ2v) is 7.16. The lowest BCUT2D eigenvalue weighted by Gasteiger charge is -2.10. The van der Waals surface area contributed by atoms with E-state index in [1.54, 1.807) is 12.4 Å². The molecule has 0 radical (unpaired) electrons. The fraction of sp³-hybridized carbons (Fsp3) is 0.0769. The topological polar surface area (TPSA) is 88.9 Å². The van der Waals surface area contributed by atoms with Crippen LogP contribution in [0.25, 0.3) is 11.1 Å². The zero-order valence-electron chi connectivity index (χ0n) is 17.1. The van der Waals surface area contributed by atoms with Crippen molar-refractivity contribution in [2.45, 2.75) is 13.2 Å². The van der Waals surface area contributed by atoms with E-state index in [9.17, 15) is 9.90 Å². The molecule has 0 aliphatic rings. The van der Waals surface area contributed by atoms with Crippen molar-refractivity contribution in [2.75, 3.05) is 0 Å². The highest BCUT2D eigenvalue weighted by molar-refractivity contribution is 5.91. The number of rotatable bonds is 8. The van der Waals surface area contributed by atoms with E-state index in [1.807, 2.05) is 60.7 Å². The van der Waals surface area contributed by atoms with E-state index in [-0.39, 0.29) is 17.9 Å². The van der Waals surface area contributed by atoms with Crippen LogP contribution < -0.4 is 9.47 Å². The third-order valence-electron chi connectivity index (χ3n) is 4.83. The molecule has 0 amide bonds. The molecular formula is C26H21NO5. The van der Waals surface area contributed by atoms with Crippen molar-refractivity contribution >= 4 is 5.97 Å². The number of carboxylic acid groups (broad SMARTS) is 1. The fourth-order valence-corrected chi connectivity index (χ4v) is 3.18. The molecule has 4 aromatic rings. The summed E-state index contributed by atoms with van der Waals surface area (Å²) in [4.78, 5) is 15.5. The Balaban J connectivity index is 1.45. The Labute approximate surface area is 185 Å². The lowest BCUT2D eigenvalue weighted by atomic mass is 10.0. The van der Waals surface area contributed by atoms with Crippen LogP contribution in [0.15, 0.2) is 91.3 Å². The summed E-state index contributed by atoms with van der Waals surface area (Å²) in [5.74, 6) is -0.465. The molecule has 0 aliphatic carbocycles. The Hall–Kier alpha value is -4.32. The third kappa shape index (κ3) is 5.23. The number of carboxylic acids is 1. The highest BCUT2D eigenvalue weighted by Crippen LogP contribution is 2.26. The molecule has 6 nitrogen and oxygen atoms in total. The molecule has 0 aliphatic heterocycles. The maximum Gasteiger partial charge on any atom is 0.339 e. The summed E-state index contributed by atoms with van der Waals surface area (Å²) < 4.78 is 11.6. The molecule has 0 bridgehead atoms. The number of aromatic hydroxyl groups is 1. The average molecular weight is 427 g/mol. The van der Waals surface area contributed by atoms with Crippen LogP contribution in [0.3, 0.4) is 0 Å². The van der Waals surface area contributed by atoms with Gasteiger partial charge in [-0.25, -0.2) is 4.79 Å². The van der Waals surface area contributed by atoms with Gasteiger partial charge in [-0.15, -0.1) is 0 Å². The zero-order valence-corrected chi connectivity index (χ0v) is 17.1. The van der Waals surface area contributed by atoms with E-state index in [4.69, 9.17) is 14.6 Å². The summed E-state index contributed by atoms with van der Waals surface area (Å²) in [7, 11) is 0. The summed E-state index contributed by atoms with van der Waals surface area (Å²) >= 11 is 0. The smallest absolute Gasteiger partial charge is 0.339 e. The summed E-state index contributed by atoms with van der Waals surface area (Å²) in [6, 6.07) is 23.8. The molecule has 0 saturated carbocycles. The molecular weight excluding hydrogens is 406 g/mol.